The SMILES string of the molecule is CCc1ccccc1Nc1c(C)cnc2ccc3c(c12)CCS3. The lowest BCUT2D eigenvalue weighted by atomic mass is 10.0. The highest BCUT2D eigenvalue weighted by Gasteiger charge is 2.19. The van der Waals surface area contributed by atoms with Crippen LogP contribution >= 0.6 is 11.8 Å². The third-order valence-electron chi connectivity index (χ3n) is 4.56. The highest BCUT2D eigenvalue weighted by Crippen LogP contribution is 2.40. The van der Waals surface area contributed by atoms with Gasteiger partial charge in [0.1, 0.15) is 0 Å². The summed E-state index contributed by atoms with van der Waals surface area (Å²) in [6.07, 6.45) is 4.14. The number of fused-ring (bicyclic) bond motifs is 3. The molecule has 2 nitrogen and oxygen atoms in total. The summed E-state index contributed by atoms with van der Waals surface area (Å²) in [4.78, 5) is 6.07. The minimum atomic E-state index is 1.03. The smallest absolute Gasteiger partial charge is 0.0726 e. The average molecular weight is 320 g/mol. The summed E-state index contributed by atoms with van der Waals surface area (Å²) in [7, 11) is 0. The van der Waals surface area contributed by atoms with Crippen LogP contribution in [0.5, 0.6) is 0 Å². The van der Waals surface area contributed by atoms with Crippen LogP contribution in [-0.4, -0.2) is 10.7 Å². The number of nitrogens with one attached hydrogen (secondary N) is 1. The molecule has 0 atom stereocenters. The molecule has 1 aliphatic heterocycles. The molecule has 1 N–H and O–H groups in total. The number of aryl methyl sites for hydroxylation is 3. The van der Waals surface area contributed by atoms with Crippen LogP contribution in [0.15, 0.2) is 47.5 Å². The Labute approximate surface area is 141 Å². The van der Waals surface area contributed by atoms with E-state index in [-0.39, 0.29) is 0 Å². The summed E-state index contributed by atoms with van der Waals surface area (Å²) in [5.74, 6) is 1.17. The van der Waals surface area contributed by atoms with Crippen LogP contribution in [0.25, 0.3) is 10.9 Å². The Bertz CT molecular complexity index is 886. The van der Waals surface area contributed by atoms with E-state index >= 15 is 0 Å². The third-order valence-corrected chi connectivity index (χ3v) is 5.66. The van der Waals surface area contributed by atoms with Gasteiger partial charge >= 0.3 is 0 Å². The van der Waals surface area contributed by atoms with Gasteiger partial charge in [0.2, 0.25) is 0 Å². The second-order valence-electron chi connectivity index (χ2n) is 5.99. The first-order valence-corrected chi connectivity index (χ1v) is 9.15. The summed E-state index contributed by atoms with van der Waals surface area (Å²) in [5, 5.41) is 5.02. The molecule has 3 heteroatoms. The van der Waals surface area contributed by atoms with Crippen molar-refractivity contribution in [1.82, 2.24) is 4.98 Å². The molecule has 0 amide bonds. The van der Waals surface area contributed by atoms with E-state index in [0.717, 1.165) is 18.4 Å². The minimum absolute atomic E-state index is 1.03. The molecule has 1 aliphatic rings. The maximum atomic E-state index is 4.65. The number of thioether (sulfide) groups is 1. The maximum Gasteiger partial charge on any atom is 0.0726 e. The van der Waals surface area contributed by atoms with E-state index in [0.29, 0.717) is 0 Å². The maximum absolute atomic E-state index is 4.65. The first-order valence-electron chi connectivity index (χ1n) is 8.17. The first-order chi connectivity index (χ1) is 11.3. The number of benzene rings is 2. The van der Waals surface area contributed by atoms with E-state index in [2.05, 4.69) is 60.5 Å². The summed E-state index contributed by atoms with van der Waals surface area (Å²) in [6, 6.07) is 12.9. The Kier molecular flexibility index (Phi) is 3.74. The molecule has 0 fully saturated rings. The first kappa shape index (κ1) is 14.6. The second kappa shape index (κ2) is 5.89. The fraction of sp³-hybridized carbons (Fsp3) is 0.250. The molecule has 0 saturated heterocycles. The lowest BCUT2D eigenvalue weighted by Gasteiger charge is -2.17. The number of anilines is 2. The van der Waals surface area contributed by atoms with E-state index in [4.69, 9.17) is 0 Å². The quantitative estimate of drug-likeness (QED) is 0.690. The van der Waals surface area contributed by atoms with Gasteiger partial charge in [-0.3, -0.25) is 4.98 Å². The molecule has 23 heavy (non-hydrogen) atoms. The zero-order valence-electron chi connectivity index (χ0n) is 13.5. The molecule has 0 radical (unpaired) electrons. The van der Waals surface area contributed by atoms with Crippen LogP contribution in [0.1, 0.15) is 23.6 Å². The number of nitrogens with zero attached hydrogens (tertiary/aromatic N) is 1. The number of pyridine rings is 1. The van der Waals surface area contributed by atoms with Crippen LogP contribution in [-0.2, 0) is 12.8 Å². The number of hydrogen-bond acceptors (Lipinski definition) is 3. The van der Waals surface area contributed by atoms with Gasteiger partial charge in [-0.15, -0.1) is 11.8 Å². The van der Waals surface area contributed by atoms with Crippen LogP contribution in [0.2, 0.25) is 0 Å². The molecule has 0 spiro atoms. The van der Waals surface area contributed by atoms with E-state index < -0.39 is 0 Å². The third kappa shape index (κ3) is 2.49. The van der Waals surface area contributed by atoms with Crippen LogP contribution in [0.3, 0.4) is 0 Å². The zero-order valence-corrected chi connectivity index (χ0v) is 14.3. The summed E-state index contributed by atoms with van der Waals surface area (Å²) >= 11 is 1.96. The van der Waals surface area contributed by atoms with Crippen LogP contribution in [0.4, 0.5) is 11.4 Å². The predicted molar refractivity (Wildman–Crippen MR) is 100 cm³/mol. The topological polar surface area (TPSA) is 24.9 Å². The van der Waals surface area contributed by atoms with Gasteiger partial charge in [-0.05, 0) is 54.7 Å². The molecule has 116 valence electrons. The van der Waals surface area contributed by atoms with Crippen molar-refractivity contribution < 1.29 is 0 Å². The zero-order chi connectivity index (χ0) is 15.8. The van der Waals surface area contributed by atoms with Gasteiger partial charge in [0.25, 0.3) is 0 Å². The Morgan fingerprint density at radius 1 is 1.17 bits per heavy atom. The molecule has 3 aromatic rings. The molecule has 0 saturated carbocycles. The van der Waals surface area contributed by atoms with Gasteiger partial charge in [-0.1, -0.05) is 25.1 Å². The summed E-state index contributed by atoms with van der Waals surface area (Å²) < 4.78 is 0. The van der Waals surface area contributed by atoms with E-state index in [1.165, 1.54) is 44.1 Å². The van der Waals surface area contributed by atoms with E-state index in [1.54, 1.807) is 0 Å². The van der Waals surface area contributed by atoms with Crippen molar-refractivity contribution in [1.29, 1.82) is 0 Å². The Morgan fingerprint density at radius 3 is 2.91 bits per heavy atom. The highest BCUT2D eigenvalue weighted by molar-refractivity contribution is 7.99. The second-order valence-corrected chi connectivity index (χ2v) is 7.12. The van der Waals surface area contributed by atoms with Crippen molar-refractivity contribution >= 4 is 34.0 Å². The minimum Gasteiger partial charge on any atom is -0.354 e. The van der Waals surface area contributed by atoms with Crippen molar-refractivity contribution in [2.45, 2.75) is 31.6 Å². The lowest BCUT2D eigenvalue weighted by Crippen LogP contribution is -2.01. The van der Waals surface area contributed by atoms with Gasteiger partial charge in [0.05, 0.1) is 11.2 Å². The van der Waals surface area contributed by atoms with Gasteiger partial charge in [-0.25, -0.2) is 0 Å². The Hall–Kier alpha value is -2.00. The molecule has 2 aromatic carbocycles. The van der Waals surface area contributed by atoms with Crippen molar-refractivity contribution in [3.05, 3.63) is 59.3 Å². The van der Waals surface area contributed by atoms with E-state index in [9.17, 15) is 0 Å². The summed E-state index contributed by atoms with van der Waals surface area (Å²) in [6.45, 7) is 4.34. The van der Waals surface area contributed by atoms with Crippen LogP contribution in [0, 0.1) is 6.92 Å². The van der Waals surface area contributed by atoms with Crippen molar-refractivity contribution in [2.24, 2.45) is 0 Å². The predicted octanol–water partition coefficient (Wildman–Crippen LogP) is 5.50. The molecule has 4 rings (SSSR count). The molecule has 2 heterocycles. The van der Waals surface area contributed by atoms with Crippen molar-refractivity contribution in [2.75, 3.05) is 11.1 Å². The van der Waals surface area contributed by atoms with E-state index in [1.807, 2.05) is 18.0 Å². The van der Waals surface area contributed by atoms with Gasteiger partial charge < -0.3 is 5.32 Å². The number of hydrogen-bond donors (Lipinski definition) is 1. The Balaban J connectivity index is 1.92. The van der Waals surface area contributed by atoms with Crippen LogP contribution < -0.4 is 5.32 Å². The highest BCUT2D eigenvalue weighted by atomic mass is 32.2. The van der Waals surface area contributed by atoms with Crippen molar-refractivity contribution in [3.63, 3.8) is 0 Å². The fourth-order valence-corrected chi connectivity index (χ4v) is 4.39. The van der Waals surface area contributed by atoms with Gasteiger partial charge in [-0.2, -0.15) is 0 Å². The monoisotopic (exact) mass is 320 g/mol. The lowest BCUT2D eigenvalue weighted by molar-refractivity contribution is 1.14. The average Bonchev–Trinajstić information content (AvgIpc) is 3.06. The Morgan fingerprint density at radius 2 is 2.04 bits per heavy atom. The van der Waals surface area contributed by atoms with Gasteiger partial charge in [0, 0.05) is 27.9 Å². The molecular weight excluding hydrogens is 300 g/mol. The number of aromatic nitrogens is 1. The standard InChI is InChI=1S/C20H20N2S/c1-3-14-6-4-5-7-16(14)22-20-13(2)12-21-17-8-9-18-15(19(17)20)10-11-23-18/h4-9,12H,3,10-11H2,1-2H3,(H,21,22). The molecule has 0 aliphatic carbocycles. The van der Waals surface area contributed by atoms with Crippen molar-refractivity contribution in [3.8, 4) is 0 Å². The summed E-state index contributed by atoms with van der Waals surface area (Å²) in [5.41, 5.74) is 7.52. The molecule has 0 bridgehead atoms. The van der Waals surface area contributed by atoms with Gasteiger partial charge in [0.15, 0.2) is 0 Å². The largest absolute Gasteiger partial charge is 0.354 e. The molecular formula is C20H20N2S. The number of rotatable bonds is 3. The molecule has 0 unspecified atom stereocenters. The molecule has 1 aromatic heterocycles. The number of para-hydroxylation sites is 1. The normalized spacial score (nSPS) is 13.3. The fourth-order valence-electron chi connectivity index (χ4n) is 3.32.